The van der Waals surface area contributed by atoms with Crippen LogP contribution in [0.5, 0.6) is 11.5 Å². The fourth-order valence-corrected chi connectivity index (χ4v) is 6.61. The van der Waals surface area contributed by atoms with E-state index >= 15 is 0 Å². The number of aryl methyl sites for hydroxylation is 2. The third-order valence-corrected chi connectivity index (χ3v) is 9.65. The molecule has 2 N–H and O–H groups in total. The van der Waals surface area contributed by atoms with Crippen LogP contribution in [0.15, 0.2) is 48.5 Å². The zero-order chi connectivity index (χ0) is 34.3. The number of rotatable bonds is 33. The first-order valence-electron chi connectivity index (χ1n) is 20.4. The highest BCUT2D eigenvalue weighted by Gasteiger charge is 2.18. The molecule has 0 saturated carbocycles. The van der Waals surface area contributed by atoms with Gasteiger partial charge in [-0.2, -0.15) is 0 Å². The van der Waals surface area contributed by atoms with Gasteiger partial charge in [0, 0.05) is 6.42 Å². The molecule has 274 valence electrons. The maximum Gasteiger partial charge on any atom is 0.243 e. The van der Waals surface area contributed by atoms with E-state index in [1.807, 2.05) is 24.3 Å². The summed E-state index contributed by atoms with van der Waals surface area (Å²) in [6.45, 7) is 4.24. The number of benzene rings is 2. The summed E-state index contributed by atoms with van der Waals surface area (Å²) in [7, 11) is 0. The maximum atomic E-state index is 10.2. The molecule has 0 radical (unpaired) electrons. The average Bonchev–Trinajstić information content (AvgIpc) is 3.09. The van der Waals surface area contributed by atoms with Crippen LogP contribution in [0.25, 0.3) is 0 Å². The third kappa shape index (κ3) is 22.6. The van der Waals surface area contributed by atoms with Gasteiger partial charge < -0.3 is 19.7 Å². The average molecular weight is 667 g/mol. The Morgan fingerprint density at radius 2 is 0.812 bits per heavy atom. The summed E-state index contributed by atoms with van der Waals surface area (Å²) < 4.78 is 12.5. The predicted molar refractivity (Wildman–Crippen MR) is 205 cm³/mol. The summed E-state index contributed by atoms with van der Waals surface area (Å²) in [5.41, 5.74) is 2.54. The van der Waals surface area contributed by atoms with Crippen LogP contribution < -0.4 is 9.47 Å². The van der Waals surface area contributed by atoms with E-state index in [4.69, 9.17) is 9.47 Å². The molecule has 0 saturated heterocycles. The standard InChI is InChI=1S/C44H74O4/c1-3-5-7-9-11-13-15-17-19-21-23-25-29-39-31-27-33-42(35-39)47-44(37-41(46)38-45)48-43-34-28-32-40(36-43)30-26-24-22-20-18-16-14-12-10-8-6-4-2/h27-28,31-36,41,44-46H,3-26,29-30,37-38H2,1-2H3. The van der Waals surface area contributed by atoms with Crippen molar-refractivity contribution in [1.29, 1.82) is 0 Å². The highest BCUT2D eigenvalue weighted by Crippen LogP contribution is 2.23. The van der Waals surface area contributed by atoms with Gasteiger partial charge in [0.2, 0.25) is 6.29 Å². The number of unbranched alkanes of at least 4 members (excludes halogenated alkanes) is 22. The lowest BCUT2D eigenvalue weighted by molar-refractivity contribution is -0.0422. The van der Waals surface area contributed by atoms with Crippen molar-refractivity contribution in [3.05, 3.63) is 59.7 Å². The molecule has 48 heavy (non-hydrogen) atoms. The van der Waals surface area contributed by atoms with Crippen LogP contribution in [0.3, 0.4) is 0 Å². The van der Waals surface area contributed by atoms with E-state index in [0.717, 1.165) is 24.3 Å². The number of hydrogen-bond donors (Lipinski definition) is 2. The van der Waals surface area contributed by atoms with Crippen LogP contribution in [-0.4, -0.2) is 29.2 Å². The van der Waals surface area contributed by atoms with Gasteiger partial charge in [-0.05, 0) is 61.1 Å². The van der Waals surface area contributed by atoms with E-state index in [0.29, 0.717) is 0 Å². The van der Waals surface area contributed by atoms with E-state index in [1.165, 1.54) is 165 Å². The van der Waals surface area contributed by atoms with Crippen LogP contribution in [0, 0.1) is 0 Å². The van der Waals surface area contributed by atoms with Crippen LogP contribution in [0.1, 0.15) is 185 Å². The molecular weight excluding hydrogens is 592 g/mol. The lowest BCUT2D eigenvalue weighted by Crippen LogP contribution is -2.30. The highest BCUT2D eigenvalue weighted by molar-refractivity contribution is 5.30. The van der Waals surface area contributed by atoms with Gasteiger partial charge in [-0.25, -0.2) is 0 Å². The van der Waals surface area contributed by atoms with Gasteiger partial charge in [-0.1, -0.05) is 179 Å². The van der Waals surface area contributed by atoms with Crippen molar-refractivity contribution in [2.75, 3.05) is 6.61 Å². The lowest BCUT2D eigenvalue weighted by Gasteiger charge is -2.23. The second-order valence-corrected chi connectivity index (χ2v) is 14.3. The van der Waals surface area contributed by atoms with Gasteiger partial charge in [0.15, 0.2) is 0 Å². The lowest BCUT2D eigenvalue weighted by atomic mass is 10.0. The number of aliphatic hydroxyl groups is 2. The zero-order valence-electron chi connectivity index (χ0n) is 31.3. The van der Waals surface area contributed by atoms with Gasteiger partial charge in [0.1, 0.15) is 11.5 Å². The van der Waals surface area contributed by atoms with Crippen LogP contribution in [0.4, 0.5) is 0 Å². The maximum absolute atomic E-state index is 10.2. The summed E-state index contributed by atoms with van der Waals surface area (Å²) >= 11 is 0. The summed E-state index contributed by atoms with van der Waals surface area (Å²) in [6.07, 6.45) is 33.2. The van der Waals surface area contributed by atoms with Gasteiger partial charge in [-0.15, -0.1) is 0 Å². The SMILES string of the molecule is CCCCCCCCCCCCCCc1cccc(OC(CC(O)CO)Oc2cccc(CCCCCCCCCCCCCC)c2)c1. The molecule has 0 amide bonds. The molecule has 1 atom stereocenters. The molecule has 4 nitrogen and oxygen atoms in total. The largest absolute Gasteiger partial charge is 0.455 e. The molecule has 0 fully saturated rings. The Hall–Kier alpha value is -2.04. The minimum absolute atomic E-state index is 0.197. The molecular formula is C44H74O4. The molecule has 2 rings (SSSR count). The van der Waals surface area contributed by atoms with Crippen molar-refractivity contribution in [3.63, 3.8) is 0 Å². The van der Waals surface area contributed by atoms with E-state index in [1.54, 1.807) is 0 Å². The topological polar surface area (TPSA) is 58.9 Å². The highest BCUT2D eigenvalue weighted by atomic mass is 16.7. The zero-order valence-corrected chi connectivity index (χ0v) is 31.3. The molecule has 2 aromatic rings. The first-order valence-corrected chi connectivity index (χ1v) is 20.4. The molecule has 4 heteroatoms. The Morgan fingerprint density at radius 1 is 0.479 bits per heavy atom. The Bertz CT molecular complexity index is 918. The normalized spacial score (nSPS) is 12.1. The van der Waals surface area contributed by atoms with Crippen molar-refractivity contribution in [2.45, 2.75) is 200 Å². The monoisotopic (exact) mass is 667 g/mol. The first-order chi connectivity index (χ1) is 23.6. The molecule has 0 spiro atoms. The molecule has 0 bridgehead atoms. The first kappa shape index (κ1) is 42.1. The minimum Gasteiger partial charge on any atom is -0.455 e. The number of ether oxygens (including phenoxy) is 2. The van der Waals surface area contributed by atoms with Gasteiger partial charge in [0.25, 0.3) is 0 Å². The summed E-state index contributed by atoms with van der Waals surface area (Å²) in [4.78, 5) is 0. The van der Waals surface area contributed by atoms with E-state index in [2.05, 4.69) is 38.1 Å². The fraction of sp³-hybridized carbons (Fsp3) is 0.727. The number of aliphatic hydroxyl groups excluding tert-OH is 2. The molecule has 0 aliphatic heterocycles. The van der Waals surface area contributed by atoms with Gasteiger partial charge in [0.05, 0.1) is 12.7 Å². The Kier molecular flexibility index (Phi) is 26.2. The van der Waals surface area contributed by atoms with Gasteiger partial charge >= 0.3 is 0 Å². The second kappa shape index (κ2) is 29.8. The summed E-state index contributed by atoms with van der Waals surface area (Å²) in [5, 5.41) is 19.8. The van der Waals surface area contributed by atoms with Crippen molar-refractivity contribution in [3.8, 4) is 11.5 Å². The van der Waals surface area contributed by atoms with Crippen LogP contribution >= 0.6 is 0 Å². The smallest absolute Gasteiger partial charge is 0.243 e. The summed E-state index contributed by atoms with van der Waals surface area (Å²) in [6, 6.07) is 16.5. The predicted octanol–water partition coefficient (Wildman–Crippen LogP) is 12.7. The third-order valence-electron chi connectivity index (χ3n) is 9.65. The molecule has 0 heterocycles. The van der Waals surface area contributed by atoms with Crippen molar-refractivity contribution in [1.82, 2.24) is 0 Å². The van der Waals surface area contributed by atoms with Gasteiger partial charge in [-0.3, -0.25) is 0 Å². The summed E-state index contributed by atoms with van der Waals surface area (Å²) in [5.74, 6) is 1.49. The molecule has 1 unspecified atom stereocenters. The van der Waals surface area contributed by atoms with Crippen molar-refractivity contribution >= 4 is 0 Å². The van der Waals surface area contributed by atoms with E-state index in [-0.39, 0.29) is 13.0 Å². The van der Waals surface area contributed by atoms with Crippen molar-refractivity contribution in [2.24, 2.45) is 0 Å². The second-order valence-electron chi connectivity index (χ2n) is 14.3. The quantitative estimate of drug-likeness (QED) is 0.0588. The molecule has 2 aromatic carbocycles. The Balaban J connectivity index is 1.69. The van der Waals surface area contributed by atoms with Crippen LogP contribution in [-0.2, 0) is 12.8 Å². The Morgan fingerprint density at radius 3 is 1.15 bits per heavy atom. The molecule has 0 aromatic heterocycles. The number of hydrogen-bond acceptors (Lipinski definition) is 4. The van der Waals surface area contributed by atoms with E-state index < -0.39 is 12.4 Å². The van der Waals surface area contributed by atoms with Crippen molar-refractivity contribution < 1.29 is 19.7 Å². The fourth-order valence-electron chi connectivity index (χ4n) is 6.61. The minimum atomic E-state index is -0.900. The molecule has 0 aliphatic rings. The van der Waals surface area contributed by atoms with Crippen LogP contribution in [0.2, 0.25) is 0 Å². The van der Waals surface area contributed by atoms with E-state index in [9.17, 15) is 10.2 Å². The molecule has 0 aliphatic carbocycles. The Labute approximate surface area is 296 Å².